The molecule has 88 valence electrons. The smallest absolute Gasteiger partial charge is 0.226 e. The van der Waals surface area contributed by atoms with Crippen LogP contribution in [0.3, 0.4) is 0 Å². The molecule has 0 saturated carbocycles. The standard InChI is InChI=1S/C15H11NO2/c17-13-8-4-7-12(9-13)15-16-10-14(18-15)11-5-2-1-3-6-11/h1-10,17H. The summed E-state index contributed by atoms with van der Waals surface area (Å²) in [5.41, 5.74) is 1.74. The molecule has 0 radical (unpaired) electrons. The Balaban J connectivity index is 2.00. The molecular weight excluding hydrogens is 226 g/mol. The number of rotatable bonds is 2. The largest absolute Gasteiger partial charge is 0.508 e. The third-order valence-electron chi connectivity index (χ3n) is 2.66. The minimum absolute atomic E-state index is 0.201. The van der Waals surface area contributed by atoms with E-state index in [0.29, 0.717) is 11.7 Å². The Hall–Kier alpha value is -2.55. The zero-order chi connectivity index (χ0) is 12.4. The summed E-state index contributed by atoms with van der Waals surface area (Å²) in [6, 6.07) is 16.6. The lowest BCUT2D eigenvalue weighted by Gasteiger charge is -1.97. The van der Waals surface area contributed by atoms with Crippen molar-refractivity contribution in [3.8, 4) is 28.5 Å². The molecule has 18 heavy (non-hydrogen) atoms. The van der Waals surface area contributed by atoms with E-state index in [1.165, 1.54) is 0 Å². The maximum absolute atomic E-state index is 9.43. The van der Waals surface area contributed by atoms with Gasteiger partial charge in [0.25, 0.3) is 0 Å². The van der Waals surface area contributed by atoms with Gasteiger partial charge in [-0.15, -0.1) is 0 Å². The van der Waals surface area contributed by atoms with E-state index in [4.69, 9.17) is 4.42 Å². The van der Waals surface area contributed by atoms with Crippen molar-refractivity contribution in [1.29, 1.82) is 0 Å². The van der Waals surface area contributed by atoms with E-state index < -0.39 is 0 Å². The maximum atomic E-state index is 9.43. The quantitative estimate of drug-likeness (QED) is 0.739. The van der Waals surface area contributed by atoms with Crippen molar-refractivity contribution in [3.63, 3.8) is 0 Å². The lowest BCUT2D eigenvalue weighted by molar-refractivity contribution is 0.475. The molecule has 0 aliphatic carbocycles. The minimum atomic E-state index is 0.201. The van der Waals surface area contributed by atoms with Crippen molar-refractivity contribution in [2.24, 2.45) is 0 Å². The molecule has 3 nitrogen and oxygen atoms in total. The Morgan fingerprint density at radius 1 is 0.889 bits per heavy atom. The fraction of sp³-hybridized carbons (Fsp3) is 0. The van der Waals surface area contributed by atoms with E-state index in [1.807, 2.05) is 36.4 Å². The third-order valence-corrected chi connectivity index (χ3v) is 2.66. The summed E-state index contributed by atoms with van der Waals surface area (Å²) in [5, 5.41) is 9.43. The van der Waals surface area contributed by atoms with Crippen LogP contribution >= 0.6 is 0 Å². The summed E-state index contributed by atoms with van der Waals surface area (Å²) in [6.07, 6.45) is 1.69. The zero-order valence-corrected chi connectivity index (χ0v) is 9.58. The summed E-state index contributed by atoms with van der Waals surface area (Å²) in [5.74, 6) is 1.42. The van der Waals surface area contributed by atoms with Crippen LogP contribution in [0.5, 0.6) is 5.75 Å². The first-order chi connectivity index (χ1) is 8.83. The van der Waals surface area contributed by atoms with Gasteiger partial charge in [0.05, 0.1) is 6.20 Å². The third kappa shape index (κ3) is 1.98. The molecule has 3 heteroatoms. The van der Waals surface area contributed by atoms with Crippen LogP contribution in [0.25, 0.3) is 22.8 Å². The first kappa shape index (κ1) is 10.6. The predicted octanol–water partition coefficient (Wildman–Crippen LogP) is 3.71. The molecule has 0 fully saturated rings. The minimum Gasteiger partial charge on any atom is -0.508 e. The van der Waals surface area contributed by atoms with Gasteiger partial charge in [0.2, 0.25) is 5.89 Å². The average Bonchev–Trinajstić information content (AvgIpc) is 2.89. The summed E-state index contributed by atoms with van der Waals surface area (Å²) in [4.78, 5) is 4.23. The van der Waals surface area contributed by atoms with Crippen molar-refractivity contribution >= 4 is 0 Å². The maximum Gasteiger partial charge on any atom is 0.226 e. The highest BCUT2D eigenvalue weighted by Gasteiger charge is 2.08. The fourth-order valence-electron chi connectivity index (χ4n) is 1.78. The van der Waals surface area contributed by atoms with Crippen LogP contribution in [0.4, 0.5) is 0 Å². The summed E-state index contributed by atoms with van der Waals surface area (Å²) in [7, 11) is 0. The molecule has 0 atom stereocenters. The molecule has 0 amide bonds. The van der Waals surface area contributed by atoms with Crippen molar-refractivity contribution in [2.75, 3.05) is 0 Å². The normalized spacial score (nSPS) is 10.4. The molecule has 2 aromatic carbocycles. The monoisotopic (exact) mass is 237 g/mol. The van der Waals surface area contributed by atoms with Gasteiger partial charge >= 0.3 is 0 Å². The molecule has 3 aromatic rings. The van der Waals surface area contributed by atoms with Crippen LogP contribution in [-0.4, -0.2) is 10.1 Å². The van der Waals surface area contributed by atoms with Gasteiger partial charge in [-0.05, 0) is 18.2 Å². The van der Waals surface area contributed by atoms with E-state index in [2.05, 4.69) is 4.98 Å². The summed E-state index contributed by atoms with van der Waals surface area (Å²) >= 11 is 0. The highest BCUT2D eigenvalue weighted by atomic mass is 16.4. The van der Waals surface area contributed by atoms with Crippen molar-refractivity contribution in [1.82, 2.24) is 4.98 Å². The number of hydrogen-bond donors (Lipinski definition) is 1. The van der Waals surface area contributed by atoms with E-state index in [1.54, 1.807) is 24.4 Å². The van der Waals surface area contributed by atoms with Crippen LogP contribution in [0.15, 0.2) is 65.2 Å². The van der Waals surface area contributed by atoms with E-state index in [0.717, 1.165) is 11.1 Å². The number of hydrogen-bond acceptors (Lipinski definition) is 3. The highest BCUT2D eigenvalue weighted by Crippen LogP contribution is 2.27. The van der Waals surface area contributed by atoms with Gasteiger partial charge in [0.15, 0.2) is 5.76 Å². The van der Waals surface area contributed by atoms with Gasteiger partial charge in [-0.2, -0.15) is 0 Å². The second kappa shape index (κ2) is 4.37. The second-order valence-corrected chi connectivity index (χ2v) is 3.95. The fourth-order valence-corrected chi connectivity index (χ4v) is 1.78. The Morgan fingerprint density at radius 3 is 2.44 bits per heavy atom. The van der Waals surface area contributed by atoms with Gasteiger partial charge in [0.1, 0.15) is 5.75 Å². The average molecular weight is 237 g/mol. The van der Waals surface area contributed by atoms with Crippen LogP contribution in [0.1, 0.15) is 0 Å². The SMILES string of the molecule is Oc1cccc(-c2ncc(-c3ccccc3)o2)c1. The zero-order valence-electron chi connectivity index (χ0n) is 9.58. The predicted molar refractivity (Wildman–Crippen MR) is 69.0 cm³/mol. The second-order valence-electron chi connectivity index (χ2n) is 3.95. The molecule has 1 aromatic heterocycles. The summed E-state index contributed by atoms with van der Waals surface area (Å²) in [6.45, 7) is 0. The number of aromatic nitrogens is 1. The molecule has 0 unspecified atom stereocenters. The Kier molecular flexibility index (Phi) is 2.57. The number of aromatic hydroxyl groups is 1. The lowest BCUT2D eigenvalue weighted by atomic mass is 10.2. The molecular formula is C15H11NO2. The highest BCUT2D eigenvalue weighted by molar-refractivity contribution is 5.61. The Bertz CT molecular complexity index is 659. The van der Waals surface area contributed by atoms with Crippen molar-refractivity contribution in [3.05, 3.63) is 60.8 Å². The van der Waals surface area contributed by atoms with Gasteiger partial charge in [-0.3, -0.25) is 0 Å². The molecule has 0 saturated heterocycles. The molecule has 0 bridgehead atoms. The summed E-state index contributed by atoms with van der Waals surface area (Å²) < 4.78 is 5.69. The van der Waals surface area contributed by atoms with Gasteiger partial charge in [-0.1, -0.05) is 36.4 Å². The first-order valence-electron chi connectivity index (χ1n) is 5.63. The van der Waals surface area contributed by atoms with Crippen LogP contribution in [0, 0.1) is 0 Å². The molecule has 3 rings (SSSR count). The molecule has 0 aliphatic heterocycles. The first-order valence-corrected chi connectivity index (χ1v) is 5.63. The van der Waals surface area contributed by atoms with Gasteiger partial charge < -0.3 is 9.52 Å². The Labute approximate surface area is 104 Å². The van der Waals surface area contributed by atoms with Crippen molar-refractivity contribution in [2.45, 2.75) is 0 Å². The topological polar surface area (TPSA) is 46.3 Å². The number of benzene rings is 2. The number of phenolic OH excluding ortho intramolecular Hbond substituents is 1. The van der Waals surface area contributed by atoms with Gasteiger partial charge in [0, 0.05) is 11.1 Å². The molecule has 0 aliphatic rings. The van der Waals surface area contributed by atoms with Crippen LogP contribution in [0.2, 0.25) is 0 Å². The van der Waals surface area contributed by atoms with Gasteiger partial charge in [-0.25, -0.2) is 4.98 Å². The van der Waals surface area contributed by atoms with Crippen LogP contribution < -0.4 is 0 Å². The number of oxazole rings is 1. The molecule has 1 N–H and O–H groups in total. The van der Waals surface area contributed by atoms with E-state index in [-0.39, 0.29) is 5.75 Å². The number of phenols is 1. The van der Waals surface area contributed by atoms with E-state index in [9.17, 15) is 5.11 Å². The molecule has 1 heterocycles. The lowest BCUT2D eigenvalue weighted by Crippen LogP contribution is -1.75. The molecule has 0 spiro atoms. The van der Waals surface area contributed by atoms with Crippen molar-refractivity contribution < 1.29 is 9.52 Å². The number of nitrogens with zero attached hydrogens (tertiary/aromatic N) is 1. The van der Waals surface area contributed by atoms with Crippen LogP contribution in [-0.2, 0) is 0 Å². The Morgan fingerprint density at radius 2 is 1.67 bits per heavy atom. The van der Waals surface area contributed by atoms with E-state index >= 15 is 0 Å².